The van der Waals surface area contributed by atoms with Crippen LogP contribution in [0.15, 0.2) is 24.0 Å². The Hall–Kier alpha value is -1.58. The fourth-order valence-corrected chi connectivity index (χ4v) is 3.47. The van der Waals surface area contributed by atoms with Gasteiger partial charge in [0.2, 0.25) is 0 Å². The molecule has 0 N–H and O–H groups in total. The second-order valence-corrected chi connectivity index (χ2v) is 8.98. The van der Waals surface area contributed by atoms with E-state index in [1.165, 1.54) is 57.8 Å². The maximum Gasteiger partial charge on any atom is 0.337 e. The van der Waals surface area contributed by atoms with E-state index in [0.717, 1.165) is 44.1 Å². The van der Waals surface area contributed by atoms with Gasteiger partial charge in [-0.3, -0.25) is 0 Å². The molecule has 0 aromatic rings. The standard InChI is InChI=1S/C27H48O4/c1-6-8-9-10-11-12-16-19-22-30-27(29)24(5)25(31-26(28)7-2)21-18-15-13-14-17-20-23(3)4/h7,23H,2,6,8-22H2,1,3-5H3. The highest BCUT2D eigenvalue weighted by Gasteiger charge is 2.16. The topological polar surface area (TPSA) is 52.6 Å². The van der Waals surface area contributed by atoms with Crippen LogP contribution in [0.5, 0.6) is 0 Å². The highest BCUT2D eigenvalue weighted by atomic mass is 16.5. The lowest BCUT2D eigenvalue weighted by atomic mass is 10.0. The van der Waals surface area contributed by atoms with E-state index in [1.54, 1.807) is 6.92 Å². The molecule has 4 heteroatoms. The minimum Gasteiger partial charge on any atom is -0.462 e. The van der Waals surface area contributed by atoms with Gasteiger partial charge in [-0.05, 0) is 25.7 Å². The molecule has 0 radical (unpaired) electrons. The van der Waals surface area contributed by atoms with E-state index in [2.05, 4.69) is 27.4 Å². The summed E-state index contributed by atoms with van der Waals surface area (Å²) in [5.41, 5.74) is 0.398. The Kier molecular flexibility index (Phi) is 19.3. The number of carbonyl (C=O) groups excluding carboxylic acids is 2. The van der Waals surface area contributed by atoms with Crippen molar-refractivity contribution in [2.45, 2.75) is 124 Å². The number of esters is 2. The average molecular weight is 437 g/mol. The summed E-state index contributed by atoms with van der Waals surface area (Å²) in [6, 6.07) is 0. The Morgan fingerprint density at radius 1 is 0.839 bits per heavy atom. The molecule has 0 spiro atoms. The Balaban J connectivity index is 4.29. The molecule has 0 atom stereocenters. The SMILES string of the molecule is C=CC(=O)OC(CCCCCCCC(C)C)=C(C)C(=O)OCCCCCCCCCC. The fourth-order valence-electron chi connectivity index (χ4n) is 3.47. The van der Waals surface area contributed by atoms with Gasteiger partial charge in [-0.25, -0.2) is 9.59 Å². The van der Waals surface area contributed by atoms with Crippen molar-refractivity contribution in [2.75, 3.05) is 6.61 Å². The van der Waals surface area contributed by atoms with Crippen LogP contribution in [0, 0.1) is 5.92 Å². The van der Waals surface area contributed by atoms with Gasteiger partial charge in [0.05, 0.1) is 12.2 Å². The molecule has 31 heavy (non-hydrogen) atoms. The lowest BCUT2D eigenvalue weighted by Crippen LogP contribution is -2.12. The molecule has 0 aliphatic carbocycles. The summed E-state index contributed by atoms with van der Waals surface area (Å²) in [6.07, 6.45) is 18.2. The molecule has 0 fully saturated rings. The number of carbonyl (C=O) groups is 2. The number of rotatable bonds is 20. The Labute approximate surface area is 191 Å². The summed E-state index contributed by atoms with van der Waals surface area (Å²) in [7, 11) is 0. The van der Waals surface area contributed by atoms with Crippen LogP contribution in [0.4, 0.5) is 0 Å². The minimum atomic E-state index is -0.526. The monoisotopic (exact) mass is 436 g/mol. The molecule has 0 aliphatic rings. The fraction of sp³-hybridized carbons (Fsp3) is 0.778. The molecule has 0 aromatic carbocycles. The molecule has 4 nitrogen and oxygen atoms in total. The van der Waals surface area contributed by atoms with Crippen LogP contribution in [-0.4, -0.2) is 18.5 Å². The van der Waals surface area contributed by atoms with E-state index < -0.39 is 5.97 Å². The van der Waals surface area contributed by atoms with Crippen molar-refractivity contribution in [2.24, 2.45) is 5.92 Å². The Bertz CT molecular complexity index is 519. The van der Waals surface area contributed by atoms with E-state index in [4.69, 9.17) is 9.47 Å². The minimum absolute atomic E-state index is 0.383. The second-order valence-electron chi connectivity index (χ2n) is 8.98. The zero-order valence-corrected chi connectivity index (χ0v) is 20.8. The zero-order valence-electron chi connectivity index (χ0n) is 20.8. The van der Waals surface area contributed by atoms with Crippen molar-refractivity contribution in [1.82, 2.24) is 0 Å². The van der Waals surface area contributed by atoms with Gasteiger partial charge in [0.15, 0.2) is 0 Å². The van der Waals surface area contributed by atoms with Crippen molar-refractivity contribution in [3.8, 4) is 0 Å². The van der Waals surface area contributed by atoms with Crippen LogP contribution in [0.1, 0.15) is 124 Å². The average Bonchev–Trinajstić information content (AvgIpc) is 2.75. The van der Waals surface area contributed by atoms with Gasteiger partial charge in [-0.1, -0.05) is 104 Å². The van der Waals surface area contributed by atoms with Gasteiger partial charge in [0.1, 0.15) is 5.76 Å². The maximum absolute atomic E-state index is 12.4. The molecule has 0 aliphatic heterocycles. The molecule has 0 bridgehead atoms. The first-order chi connectivity index (χ1) is 14.9. The summed E-state index contributed by atoms with van der Waals surface area (Å²) in [5.74, 6) is 0.272. The summed E-state index contributed by atoms with van der Waals surface area (Å²) in [6.45, 7) is 12.3. The highest BCUT2D eigenvalue weighted by molar-refractivity contribution is 5.89. The number of ether oxygens (including phenoxy) is 2. The predicted molar refractivity (Wildman–Crippen MR) is 130 cm³/mol. The molecule has 0 amide bonds. The van der Waals surface area contributed by atoms with E-state index in [0.29, 0.717) is 24.4 Å². The van der Waals surface area contributed by atoms with E-state index in [-0.39, 0.29) is 5.97 Å². The second kappa shape index (κ2) is 20.3. The van der Waals surface area contributed by atoms with Crippen LogP contribution in [0.3, 0.4) is 0 Å². The normalized spacial score (nSPS) is 11.9. The van der Waals surface area contributed by atoms with Gasteiger partial charge >= 0.3 is 11.9 Å². The lowest BCUT2D eigenvalue weighted by molar-refractivity contribution is -0.139. The summed E-state index contributed by atoms with van der Waals surface area (Å²) >= 11 is 0. The summed E-state index contributed by atoms with van der Waals surface area (Å²) in [5, 5.41) is 0. The van der Waals surface area contributed by atoms with Crippen molar-refractivity contribution in [1.29, 1.82) is 0 Å². The molecular weight excluding hydrogens is 388 g/mol. The van der Waals surface area contributed by atoms with E-state index >= 15 is 0 Å². The lowest BCUT2D eigenvalue weighted by Gasteiger charge is -2.12. The molecule has 180 valence electrons. The van der Waals surface area contributed by atoms with Crippen LogP contribution < -0.4 is 0 Å². The number of hydrogen-bond donors (Lipinski definition) is 0. The van der Waals surface area contributed by atoms with Crippen LogP contribution in [0.2, 0.25) is 0 Å². The van der Waals surface area contributed by atoms with Gasteiger partial charge in [0.25, 0.3) is 0 Å². The van der Waals surface area contributed by atoms with Crippen LogP contribution >= 0.6 is 0 Å². The Morgan fingerprint density at radius 2 is 1.39 bits per heavy atom. The molecular formula is C27H48O4. The van der Waals surface area contributed by atoms with Gasteiger partial charge < -0.3 is 9.47 Å². The number of unbranched alkanes of at least 4 members (excludes halogenated alkanes) is 11. The molecule has 0 unspecified atom stereocenters. The van der Waals surface area contributed by atoms with E-state index in [1.807, 2.05) is 0 Å². The van der Waals surface area contributed by atoms with Gasteiger partial charge in [-0.15, -0.1) is 0 Å². The zero-order chi connectivity index (χ0) is 23.3. The van der Waals surface area contributed by atoms with Crippen LogP contribution in [0.25, 0.3) is 0 Å². The van der Waals surface area contributed by atoms with Crippen molar-refractivity contribution < 1.29 is 19.1 Å². The molecule has 0 heterocycles. The summed E-state index contributed by atoms with van der Waals surface area (Å²) in [4.78, 5) is 24.1. The predicted octanol–water partition coefficient (Wildman–Crippen LogP) is 8.06. The largest absolute Gasteiger partial charge is 0.462 e. The number of hydrogen-bond acceptors (Lipinski definition) is 4. The Morgan fingerprint density at radius 3 is 1.97 bits per heavy atom. The third-order valence-electron chi connectivity index (χ3n) is 5.53. The molecule has 0 saturated carbocycles. The van der Waals surface area contributed by atoms with Crippen molar-refractivity contribution in [3.05, 3.63) is 24.0 Å². The highest BCUT2D eigenvalue weighted by Crippen LogP contribution is 2.19. The third kappa shape index (κ3) is 17.8. The first-order valence-electron chi connectivity index (χ1n) is 12.6. The molecule has 0 rings (SSSR count). The third-order valence-corrected chi connectivity index (χ3v) is 5.53. The van der Waals surface area contributed by atoms with E-state index in [9.17, 15) is 9.59 Å². The molecule has 0 saturated heterocycles. The quantitative estimate of drug-likeness (QED) is 0.0838. The first-order valence-corrected chi connectivity index (χ1v) is 12.6. The number of allylic oxidation sites excluding steroid dienone is 1. The maximum atomic E-state index is 12.4. The smallest absolute Gasteiger partial charge is 0.337 e. The van der Waals surface area contributed by atoms with Crippen LogP contribution in [-0.2, 0) is 19.1 Å². The molecule has 0 aromatic heterocycles. The summed E-state index contributed by atoms with van der Waals surface area (Å²) < 4.78 is 10.8. The van der Waals surface area contributed by atoms with Gasteiger partial charge in [0, 0.05) is 12.5 Å². The van der Waals surface area contributed by atoms with Crippen molar-refractivity contribution >= 4 is 11.9 Å². The van der Waals surface area contributed by atoms with Crippen molar-refractivity contribution in [3.63, 3.8) is 0 Å². The first kappa shape index (κ1) is 29.4. The van der Waals surface area contributed by atoms with Gasteiger partial charge in [-0.2, -0.15) is 0 Å².